The van der Waals surface area contributed by atoms with Crippen molar-refractivity contribution in [3.05, 3.63) is 209 Å². The SMILES string of the molecule is N#Cc1ccc2c(c1)C(c1ccccc1)(c1ccccc1)c1cc(-c3ccc(-c4nc(-c5ccccc5)nc(-c5ccc(C67CCCCCC(C6)C7)cc5)n4)cc3)ccc1-2. The second-order valence-electron chi connectivity index (χ2n) is 17.1. The van der Waals surface area contributed by atoms with Crippen LogP contribution in [0.4, 0.5) is 0 Å². The molecule has 12 rings (SSSR count). The van der Waals surface area contributed by atoms with Crippen LogP contribution in [0.3, 0.4) is 0 Å². The zero-order valence-electron chi connectivity index (χ0n) is 33.6. The molecule has 0 aliphatic heterocycles. The van der Waals surface area contributed by atoms with E-state index in [0.29, 0.717) is 28.5 Å². The van der Waals surface area contributed by atoms with E-state index in [1.807, 2.05) is 24.3 Å². The van der Waals surface area contributed by atoms with Gasteiger partial charge in [-0.15, -0.1) is 0 Å². The predicted octanol–water partition coefficient (Wildman–Crippen LogP) is 13.4. The summed E-state index contributed by atoms with van der Waals surface area (Å²) in [6, 6.07) is 64.8. The van der Waals surface area contributed by atoms with Gasteiger partial charge in [0.25, 0.3) is 0 Å². The molecule has 3 saturated carbocycles. The first-order chi connectivity index (χ1) is 29.6. The van der Waals surface area contributed by atoms with E-state index >= 15 is 0 Å². The van der Waals surface area contributed by atoms with Crippen LogP contribution in [0.5, 0.6) is 0 Å². The Hall–Kier alpha value is -6.96. The Bertz CT molecular complexity index is 2840. The fourth-order valence-corrected chi connectivity index (χ4v) is 10.8. The largest absolute Gasteiger partial charge is 0.208 e. The summed E-state index contributed by atoms with van der Waals surface area (Å²) in [5, 5.41) is 10.1. The number of nitriles is 1. The van der Waals surface area contributed by atoms with Crippen LogP contribution in [0.1, 0.15) is 78.3 Å². The third kappa shape index (κ3) is 5.99. The first-order valence-corrected chi connectivity index (χ1v) is 21.5. The third-order valence-corrected chi connectivity index (χ3v) is 13.7. The molecule has 0 radical (unpaired) electrons. The van der Waals surface area contributed by atoms with E-state index in [9.17, 15) is 5.26 Å². The third-order valence-electron chi connectivity index (χ3n) is 13.7. The Balaban J connectivity index is 0.982. The number of rotatable bonds is 7. The predicted molar refractivity (Wildman–Crippen MR) is 241 cm³/mol. The number of hydrogen-bond acceptors (Lipinski definition) is 4. The number of nitrogens with zero attached hydrogens (tertiary/aromatic N) is 4. The van der Waals surface area contributed by atoms with Crippen LogP contribution in [0.25, 0.3) is 56.4 Å². The Kier molecular flexibility index (Phi) is 8.85. The van der Waals surface area contributed by atoms with Gasteiger partial charge in [0.2, 0.25) is 0 Å². The molecule has 0 amide bonds. The summed E-state index contributed by atoms with van der Waals surface area (Å²) >= 11 is 0. The summed E-state index contributed by atoms with van der Waals surface area (Å²) in [5.41, 5.74) is 14.0. The van der Waals surface area contributed by atoms with Crippen molar-refractivity contribution in [2.24, 2.45) is 5.92 Å². The highest BCUT2D eigenvalue weighted by Gasteiger charge is 2.47. The van der Waals surface area contributed by atoms with Gasteiger partial charge in [-0.05, 0) is 98.9 Å². The summed E-state index contributed by atoms with van der Waals surface area (Å²) in [5.74, 6) is 2.90. The van der Waals surface area contributed by atoms with Gasteiger partial charge in [-0.1, -0.05) is 183 Å². The lowest BCUT2D eigenvalue weighted by atomic mass is 9.54. The van der Waals surface area contributed by atoms with Gasteiger partial charge in [0.15, 0.2) is 17.5 Å². The zero-order valence-corrected chi connectivity index (χ0v) is 33.6. The van der Waals surface area contributed by atoms with Crippen LogP contribution in [0, 0.1) is 17.2 Å². The van der Waals surface area contributed by atoms with E-state index in [1.165, 1.54) is 72.8 Å². The van der Waals surface area contributed by atoms with Crippen LogP contribution in [0.2, 0.25) is 0 Å². The number of benzene rings is 7. The second kappa shape index (κ2) is 14.7. The number of hydrogen-bond donors (Lipinski definition) is 0. The molecule has 8 aromatic rings. The maximum Gasteiger partial charge on any atom is 0.164 e. The lowest BCUT2D eigenvalue weighted by Gasteiger charge is -2.50. The van der Waals surface area contributed by atoms with Crippen molar-refractivity contribution in [1.82, 2.24) is 15.0 Å². The summed E-state index contributed by atoms with van der Waals surface area (Å²) in [7, 11) is 0. The van der Waals surface area contributed by atoms with Gasteiger partial charge in [0.1, 0.15) is 0 Å². The van der Waals surface area contributed by atoms with Crippen LogP contribution in [0.15, 0.2) is 176 Å². The topological polar surface area (TPSA) is 62.5 Å². The van der Waals surface area contributed by atoms with E-state index in [0.717, 1.165) is 44.9 Å². The first kappa shape index (κ1) is 36.1. The van der Waals surface area contributed by atoms with E-state index in [2.05, 4.69) is 158 Å². The fraction of sp³-hybridized carbons (Fsp3) is 0.179. The summed E-state index contributed by atoms with van der Waals surface area (Å²) in [4.78, 5) is 15.2. The van der Waals surface area contributed by atoms with Crippen molar-refractivity contribution < 1.29 is 0 Å². The van der Waals surface area contributed by atoms with Crippen molar-refractivity contribution in [1.29, 1.82) is 5.26 Å². The molecule has 0 saturated heterocycles. The molecule has 1 aromatic heterocycles. The van der Waals surface area contributed by atoms with Crippen molar-refractivity contribution in [2.45, 2.75) is 55.8 Å². The Morgan fingerprint density at radius 2 is 0.950 bits per heavy atom. The van der Waals surface area contributed by atoms with E-state index in [-0.39, 0.29) is 0 Å². The zero-order chi connectivity index (χ0) is 40.1. The van der Waals surface area contributed by atoms with Crippen LogP contribution < -0.4 is 0 Å². The molecule has 0 unspecified atom stereocenters. The molecule has 0 atom stereocenters. The molecule has 3 fully saturated rings. The lowest BCUT2D eigenvalue weighted by molar-refractivity contribution is 0.101. The molecule has 288 valence electrons. The van der Waals surface area contributed by atoms with E-state index < -0.39 is 5.41 Å². The Morgan fingerprint density at radius 1 is 0.450 bits per heavy atom. The van der Waals surface area contributed by atoms with Gasteiger partial charge < -0.3 is 0 Å². The highest BCUT2D eigenvalue weighted by molar-refractivity contribution is 5.89. The summed E-state index contributed by atoms with van der Waals surface area (Å²) in [6.45, 7) is 0. The average Bonchev–Trinajstić information content (AvgIpc) is 3.59. The van der Waals surface area contributed by atoms with Crippen molar-refractivity contribution in [3.63, 3.8) is 0 Å². The van der Waals surface area contributed by atoms with Gasteiger partial charge in [-0.25, -0.2) is 15.0 Å². The molecule has 2 bridgehead atoms. The molecule has 4 heteroatoms. The minimum absolute atomic E-state index is 0.346. The van der Waals surface area contributed by atoms with Crippen molar-refractivity contribution in [3.8, 4) is 62.5 Å². The average molecular weight is 773 g/mol. The Morgan fingerprint density at radius 3 is 1.55 bits per heavy atom. The molecular weight excluding hydrogens is 729 g/mol. The normalized spacial score (nSPS) is 18.6. The van der Waals surface area contributed by atoms with Crippen LogP contribution in [-0.4, -0.2) is 15.0 Å². The maximum absolute atomic E-state index is 10.1. The molecule has 0 N–H and O–H groups in total. The van der Waals surface area contributed by atoms with Gasteiger partial charge in [-0.2, -0.15) is 5.26 Å². The molecule has 4 aliphatic carbocycles. The second-order valence-corrected chi connectivity index (χ2v) is 17.1. The fourth-order valence-electron chi connectivity index (χ4n) is 10.8. The summed E-state index contributed by atoms with van der Waals surface area (Å²) in [6.07, 6.45) is 9.45. The number of aromatic nitrogens is 3. The van der Waals surface area contributed by atoms with Crippen LogP contribution in [-0.2, 0) is 10.8 Å². The van der Waals surface area contributed by atoms with Gasteiger partial charge in [0.05, 0.1) is 17.0 Å². The molecule has 1 heterocycles. The highest BCUT2D eigenvalue weighted by Crippen LogP contribution is 2.57. The van der Waals surface area contributed by atoms with Crippen LogP contribution >= 0.6 is 0 Å². The summed E-state index contributed by atoms with van der Waals surface area (Å²) < 4.78 is 0. The molecule has 4 nitrogen and oxygen atoms in total. The smallest absolute Gasteiger partial charge is 0.164 e. The lowest BCUT2D eigenvalue weighted by Crippen LogP contribution is -2.42. The van der Waals surface area contributed by atoms with E-state index in [1.54, 1.807) is 0 Å². The Labute approximate surface area is 352 Å². The van der Waals surface area contributed by atoms with Gasteiger partial charge in [0, 0.05) is 16.7 Å². The van der Waals surface area contributed by atoms with Gasteiger partial charge >= 0.3 is 0 Å². The van der Waals surface area contributed by atoms with Crippen molar-refractivity contribution in [2.75, 3.05) is 0 Å². The monoisotopic (exact) mass is 772 g/mol. The minimum Gasteiger partial charge on any atom is -0.208 e. The standard InChI is InChI=1S/C56H44N4/c57-37-38-20-30-48-49-31-27-44(34-51(49)56(50(48)33-38,46-16-8-2-9-17-46)47-18-10-3-11-19-47)40-21-23-42(24-22-40)53-58-52(41-14-6-1-7-15-41)59-54(60-53)43-25-28-45(29-26-43)55-32-12-4-5-13-39(35-55)36-55/h1-3,6-11,14-31,33-34,39H,4-5,12-13,32,35-36H2. The first-order valence-electron chi connectivity index (χ1n) is 21.5. The molecule has 60 heavy (non-hydrogen) atoms. The van der Waals surface area contributed by atoms with E-state index in [4.69, 9.17) is 15.0 Å². The van der Waals surface area contributed by atoms with Crippen molar-refractivity contribution >= 4 is 0 Å². The molecular formula is C56H44N4. The highest BCUT2D eigenvalue weighted by atomic mass is 15.0. The molecule has 0 spiro atoms. The van der Waals surface area contributed by atoms with Gasteiger partial charge in [-0.3, -0.25) is 0 Å². The minimum atomic E-state index is -0.599. The quantitative estimate of drug-likeness (QED) is 0.162. The number of fused-ring (bicyclic) bond motifs is 7. The molecule has 7 aromatic carbocycles. The maximum atomic E-state index is 10.1. The molecule has 4 aliphatic rings.